The molecule has 0 saturated heterocycles. The Morgan fingerprint density at radius 1 is 1.56 bits per heavy atom. The largest absolute Gasteiger partial charge is 0.478 e. The minimum absolute atomic E-state index is 0.368. The number of hydrogen-bond acceptors (Lipinski definition) is 2. The summed E-state index contributed by atoms with van der Waals surface area (Å²) in [5.41, 5.74) is -0.232. The Bertz CT molecular complexity index is 403. The molecular weight excluding hydrogens is 228 g/mol. The normalized spacial score (nSPS) is 14.2. The number of carboxylic acid groups (broad SMARTS) is 1. The van der Waals surface area contributed by atoms with Gasteiger partial charge in [-0.2, -0.15) is 0 Å². The lowest BCUT2D eigenvalue weighted by Gasteiger charge is -2.25. The van der Waals surface area contributed by atoms with Crippen molar-refractivity contribution in [3.05, 3.63) is 28.8 Å². The molecule has 0 radical (unpaired) electrons. The standard InChI is InChI=1S/C12H15ClO3/c1-4-12(3,11(14)15)16-10-6-5-8(2)7-9(10)13/h5-7H,4H2,1-3H3,(H,14,15). The summed E-state index contributed by atoms with van der Waals surface area (Å²) in [6, 6.07) is 5.27. The van der Waals surface area contributed by atoms with Crippen LogP contribution in [0.3, 0.4) is 0 Å². The lowest BCUT2D eigenvalue weighted by molar-refractivity contribution is -0.154. The Hall–Kier alpha value is -1.22. The highest BCUT2D eigenvalue weighted by molar-refractivity contribution is 6.32. The van der Waals surface area contributed by atoms with Crippen molar-refractivity contribution in [3.8, 4) is 5.75 Å². The van der Waals surface area contributed by atoms with Crippen molar-refractivity contribution in [1.82, 2.24) is 0 Å². The molecule has 1 unspecified atom stereocenters. The molecule has 0 heterocycles. The van der Waals surface area contributed by atoms with E-state index in [1.807, 2.05) is 13.0 Å². The molecule has 88 valence electrons. The third-order valence-electron chi connectivity index (χ3n) is 2.55. The second-order valence-corrected chi connectivity index (χ2v) is 4.33. The minimum Gasteiger partial charge on any atom is -0.478 e. The van der Waals surface area contributed by atoms with Gasteiger partial charge in [-0.05, 0) is 38.0 Å². The third-order valence-corrected chi connectivity index (χ3v) is 2.85. The third kappa shape index (κ3) is 2.67. The Balaban J connectivity index is 2.99. The molecule has 0 aromatic heterocycles. The Morgan fingerprint density at radius 2 is 2.19 bits per heavy atom. The Morgan fingerprint density at radius 3 is 2.62 bits per heavy atom. The zero-order chi connectivity index (χ0) is 12.3. The van der Waals surface area contributed by atoms with Crippen LogP contribution in [0.25, 0.3) is 0 Å². The van der Waals surface area contributed by atoms with Crippen molar-refractivity contribution < 1.29 is 14.6 Å². The fourth-order valence-corrected chi connectivity index (χ4v) is 1.47. The first-order chi connectivity index (χ1) is 7.39. The van der Waals surface area contributed by atoms with Crippen LogP contribution in [0, 0.1) is 6.92 Å². The fourth-order valence-electron chi connectivity index (χ4n) is 1.20. The van der Waals surface area contributed by atoms with E-state index in [0.717, 1.165) is 5.56 Å². The van der Waals surface area contributed by atoms with Gasteiger partial charge in [-0.3, -0.25) is 0 Å². The summed E-state index contributed by atoms with van der Waals surface area (Å²) in [7, 11) is 0. The second-order valence-electron chi connectivity index (χ2n) is 3.93. The molecule has 3 nitrogen and oxygen atoms in total. The number of benzene rings is 1. The van der Waals surface area contributed by atoms with Crippen LogP contribution in [-0.2, 0) is 4.79 Å². The number of aliphatic carboxylic acids is 1. The van der Waals surface area contributed by atoms with Crippen LogP contribution < -0.4 is 4.74 Å². The van der Waals surface area contributed by atoms with Gasteiger partial charge >= 0.3 is 5.97 Å². The summed E-state index contributed by atoms with van der Waals surface area (Å²) >= 11 is 5.98. The van der Waals surface area contributed by atoms with Crippen molar-refractivity contribution >= 4 is 17.6 Å². The summed E-state index contributed by atoms with van der Waals surface area (Å²) in [6.07, 6.45) is 0.368. The molecule has 0 bridgehead atoms. The first-order valence-corrected chi connectivity index (χ1v) is 5.45. The van der Waals surface area contributed by atoms with Gasteiger partial charge in [0.1, 0.15) is 5.75 Å². The summed E-state index contributed by atoms with van der Waals surface area (Å²) in [4.78, 5) is 11.1. The van der Waals surface area contributed by atoms with Crippen LogP contribution in [0.5, 0.6) is 5.75 Å². The molecule has 0 aliphatic heterocycles. The molecule has 1 atom stereocenters. The van der Waals surface area contributed by atoms with Gasteiger partial charge in [0, 0.05) is 0 Å². The quantitative estimate of drug-likeness (QED) is 0.881. The molecule has 1 aromatic rings. The SMILES string of the molecule is CCC(C)(Oc1ccc(C)cc1Cl)C(=O)O. The molecule has 16 heavy (non-hydrogen) atoms. The van der Waals surface area contributed by atoms with Crippen molar-refractivity contribution in [2.75, 3.05) is 0 Å². The summed E-state index contributed by atoms with van der Waals surface area (Å²) in [5.74, 6) is -0.592. The number of carbonyl (C=O) groups is 1. The highest BCUT2D eigenvalue weighted by Gasteiger charge is 2.34. The first kappa shape index (κ1) is 12.8. The van der Waals surface area contributed by atoms with Gasteiger partial charge in [0.05, 0.1) is 5.02 Å². The zero-order valence-corrected chi connectivity index (χ0v) is 10.3. The molecule has 1 rings (SSSR count). The van der Waals surface area contributed by atoms with E-state index in [2.05, 4.69) is 0 Å². The Kier molecular flexibility index (Phi) is 3.81. The van der Waals surface area contributed by atoms with Gasteiger partial charge in [-0.15, -0.1) is 0 Å². The van der Waals surface area contributed by atoms with E-state index in [0.29, 0.717) is 17.2 Å². The maximum absolute atomic E-state index is 11.1. The average molecular weight is 243 g/mol. The van der Waals surface area contributed by atoms with E-state index in [1.165, 1.54) is 6.92 Å². The van der Waals surface area contributed by atoms with E-state index in [1.54, 1.807) is 19.1 Å². The first-order valence-electron chi connectivity index (χ1n) is 5.07. The van der Waals surface area contributed by atoms with Crippen molar-refractivity contribution in [3.63, 3.8) is 0 Å². The fraction of sp³-hybridized carbons (Fsp3) is 0.417. The van der Waals surface area contributed by atoms with Gasteiger partial charge in [-0.1, -0.05) is 24.6 Å². The topological polar surface area (TPSA) is 46.5 Å². The van der Waals surface area contributed by atoms with Crippen LogP contribution in [0.4, 0.5) is 0 Å². The lowest BCUT2D eigenvalue weighted by Crippen LogP contribution is -2.40. The summed E-state index contributed by atoms with van der Waals surface area (Å²) in [5, 5.41) is 9.50. The van der Waals surface area contributed by atoms with Crippen molar-refractivity contribution in [2.45, 2.75) is 32.8 Å². The zero-order valence-electron chi connectivity index (χ0n) is 9.58. The van der Waals surface area contributed by atoms with E-state index >= 15 is 0 Å². The molecule has 1 N–H and O–H groups in total. The monoisotopic (exact) mass is 242 g/mol. The number of carboxylic acids is 1. The van der Waals surface area contributed by atoms with Crippen molar-refractivity contribution in [1.29, 1.82) is 0 Å². The number of rotatable bonds is 4. The van der Waals surface area contributed by atoms with Gasteiger partial charge in [0.15, 0.2) is 0 Å². The van der Waals surface area contributed by atoms with E-state index in [-0.39, 0.29) is 0 Å². The predicted octanol–water partition coefficient (Wildman–Crippen LogP) is 3.28. The van der Waals surface area contributed by atoms with Gasteiger partial charge in [0.2, 0.25) is 5.60 Å². The molecule has 0 aliphatic carbocycles. The predicted molar refractivity (Wildman–Crippen MR) is 63.1 cm³/mol. The highest BCUT2D eigenvalue weighted by atomic mass is 35.5. The molecule has 4 heteroatoms. The molecule has 0 amide bonds. The van der Waals surface area contributed by atoms with Crippen molar-refractivity contribution in [2.24, 2.45) is 0 Å². The Labute approximate surface area is 100.0 Å². The van der Waals surface area contributed by atoms with Crippen LogP contribution in [0.2, 0.25) is 5.02 Å². The number of hydrogen-bond donors (Lipinski definition) is 1. The molecule has 0 saturated carbocycles. The van der Waals surface area contributed by atoms with Crippen LogP contribution in [0.1, 0.15) is 25.8 Å². The second kappa shape index (κ2) is 4.74. The number of ether oxygens (including phenoxy) is 1. The van der Waals surface area contributed by atoms with Gasteiger partial charge in [0.25, 0.3) is 0 Å². The van der Waals surface area contributed by atoms with Crippen LogP contribution in [0.15, 0.2) is 18.2 Å². The van der Waals surface area contributed by atoms with Crippen LogP contribution in [-0.4, -0.2) is 16.7 Å². The van der Waals surface area contributed by atoms with Crippen LogP contribution >= 0.6 is 11.6 Å². The summed E-state index contributed by atoms with van der Waals surface area (Å²) in [6.45, 7) is 5.20. The maximum atomic E-state index is 11.1. The average Bonchev–Trinajstić information content (AvgIpc) is 2.22. The lowest BCUT2D eigenvalue weighted by atomic mass is 10.0. The molecule has 1 aromatic carbocycles. The van der Waals surface area contributed by atoms with E-state index < -0.39 is 11.6 Å². The van der Waals surface area contributed by atoms with E-state index in [4.69, 9.17) is 21.4 Å². The van der Waals surface area contributed by atoms with E-state index in [9.17, 15) is 4.79 Å². The number of aryl methyl sites for hydroxylation is 1. The van der Waals surface area contributed by atoms with Gasteiger partial charge < -0.3 is 9.84 Å². The summed E-state index contributed by atoms with van der Waals surface area (Å²) < 4.78 is 5.47. The maximum Gasteiger partial charge on any atom is 0.347 e. The highest BCUT2D eigenvalue weighted by Crippen LogP contribution is 2.29. The number of halogens is 1. The molecular formula is C12H15ClO3. The molecule has 0 fully saturated rings. The molecule has 0 spiro atoms. The smallest absolute Gasteiger partial charge is 0.347 e. The van der Waals surface area contributed by atoms with Gasteiger partial charge in [-0.25, -0.2) is 4.79 Å². The minimum atomic E-state index is -1.24. The molecule has 0 aliphatic rings.